The summed E-state index contributed by atoms with van der Waals surface area (Å²) in [5.41, 5.74) is 1.85. The second-order valence-corrected chi connectivity index (χ2v) is 6.38. The average molecular weight is 371 g/mol. The number of hydrogen-bond donors (Lipinski definition) is 2. The number of nitro benzene ring substituents is 1. The number of methoxy groups -OCH3 is 2. The number of rotatable bonds is 7. The van der Waals surface area contributed by atoms with Gasteiger partial charge in [0.15, 0.2) is 11.5 Å². The monoisotopic (exact) mass is 371 g/mol. The summed E-state index contributed by atoms with van der Waals surface area (Å²) in [7, 11) is 3.04. The van der Waals surface area contributed by atoms with Gasteiger partial charge in [0.2, 0.25) is 0 Å². The molecule has 8 nitrogen and oxygen atoms in total. The number of carbonyl (C=O) groups excluding carboxylic acids is 1. The lowest BCUT2D eigenvalue weighted by molar-refractivity contribution is -0.384. The van der Waals surface area contributed by atoms with Crippen LogP contribution in [0.2, 0.25) is 0 Å². The Morgan fingerprint density at radius 1 is 1.11 bits per heavy atom. The van der Waals surface area contributed by atoms with Gasteiger partial charge in [0.05, 0.1) is 19.1 Å². The normalized spacial score (nSPS) is 13.0. The molecular formula is C19H21N3O5. The average Bonchev–Trinajstić information content (AvgIpc) is 3.47. The molecule has 27 heavy (non-hydrogen) atoms. The van der Waals surface area contributed by atoms with Crippen molar-refractivity contribution in [1.29, 1.82) is 0 Å². The summed E-state index contributed by atoms with van der Waals surface area (Å²) in [6.45, 7) is 1.82. The first-order valence-electron chi connectivity index (χ1n) is 8.52. The van der Waals surface area contributed by atoms with E-state index in [2.05, 4.69) is 10.6 Å². The summed E-state index contributed by atoms with van der Waals surface area (Å²) in [4.78, 5) is 23.5. The maximum atomic E-state index is 12.6. The van der Waals surface area contributed by atoms with Gasteiger partial charge >= 0.3 is 0 Å². The lowest BCUT2D eigenvalue weighted by Gasteiger charge is -2.14. The third-order valence-electron chi connectivity index (χ3n) is 4.37. The van der Waals surface area contributed by atoms with Gasteiger partial charge in [-0.2, -0.15) is 0 Å². The van der Waals surface area contributed by atoms with Gasteiger partial charge < -0.3 is 20.1 Å². The highest BCUT2D eigenvalue weighted by Gasteiger charge is 2.25. The molecule has 0 bridgehead atoms. The van der Waals surface area contributed by atoms with Crippen molar-refractivity contribution in [3.63, 3.8) is 0 Å². The molecule has 0 atom stereocenters. The van der Waals surface area contributed by atoms with Gasteiger partial charge in [-0.15, -0.1) is 0 Å². The lowest BCUT2D eigenvalue weighted by Crippen LogP contribution is -2.14. The number of carbonyl (C=O) groups is 1. The molecule has 2 aromatic rings. The van der Waals surface area contributed by atoms with Crippen LogP contribution in [0.4, 0.5) is 17.1 Å². The molecule has 1 saturated carbocycles. The standard InChI is InChI=1S/C19H21N3O5/c1-11-8-17(26-2)18(27-3)10-15(11)21-19(23)12-4-7-14(20-13-5-6-13)16(9-12)22(24)25/h4,7-10,13,20H,5-6H2,1-3H3,(H,21,23). The molecule has 0 spiro atoms. The van der Waals surface area contributed by atoms with E-state index in [1.165, 1.54) is 20.3 Å². The van der Waals surface area contributed by atoms with E-state index in [0.717, 1.165) is 18.4 Å². The molecule has 1 fully saturated rings. The zero-order chi connectivity index (χ0) is 19.6. The van der Waals surface area contributed by atoms with Gasteiger partial charge in [-0.25, -0.2) is 0 Å². The van der Waals surface area contributed by atoms with Crippen LogP contribution < -0.4 is 20.1 Å². The number of anilines is 2. The van der Waals surface area contributed by atoms with E-state index in [1.54, 1.807) is 24.3 Å². The van der Waals surface area contributed by atoms with Crippen LogP contribution in [0.3, 0.4) is 0 Å². The third kappa shape index (κ3) is 4.11. The van der Waals surface area contributed by atoms with Crippen LogP contribution in [0, 0.1) is 17.0 Å². The first kappa shape index (κ1) is 18.5. The predicted octanol–water partition coefficient (Wildman–Crippen LogP) is 3.75. The lowest BCUT2D eigenvalue weighted by atomic mass is 10.1. The van der Waals surface area contributed by atoms with Crippen molar-refractivity contribution in [3.8, 4) is 11.5 Å². The topological polar surface area (TPSA) is 103 Å². The van der Waals surface area contributed by atoms with Crippen LogP contribution in [0.5, 0.6) is 11.5 Å². The molecule has 1 amide bonds. The van der Waals surface area contributed by atoms with Crippen molar-refractivity contribution in [1.82, 2.24) is 0 Å². The Morgan fingerprint density at radius 3 is 2.37 bits per heavy atom. The number of aryl methyl sites for hydroxylation is 1. The van der Waals surface area contributed by atoms with Crippen molar-refractivity contribution < 1.29 is 19.2 Å². The Hall–Kier alpha value is -3.29. The smallest absolute Gasteiger partial charge is 0.293 e. The molecule has 0 aromatic heterocycles. The zero-order valence-corrected chi connectivity index (χ0v) is 15.4. The summed E-state index contributed by atoms with van der Waals surface area (Å²) in [6, 6.07) is 8.12. The maximum Gasteiger partial charge on any atom is 0.293 e. The summed E-state index contributed by atoms with van der Waals surface area (Å²) >= 11 is 0. The number of ether oxygens (including phenoxy) is 2. The molecule has 142 valence electrons. The quantitative estimate of drug-likeness (QED) is 0.568. The van der Waals surface area contributed by atoms with E-state index in [1.807, 2.05) is 6.92 Å². The molecule has 0 unspecified atom stereocenters. The molecule has 0 radical (unpaired) electrons. The molecule has 3 rings (SSSR count). The second kappa shape index (κ2) is 7.53. The molecule has 8 heteroatoms. The van der Waals surface area contributed by atoms with Crippen LogP contribution in [-0.4, -0.2) is 31.1 Å². The SMILES string of the molecule is COc1cc(C)c(NC(=O)c2ccc(NC3CC3)c([N+](=O)[O-])c2)cc1OC. The van der Waals surface area contributed by atoms with Crippen molar-refractivity contribution in [2.24, 2.45) is 0 Å². The summed E-state index contributed by atoms with van der Waals surface area (Å²) in [5.74, 6) is 0.596. The fourth-order valence-corrected chi connectivity index (χ4v) is 2.70. The summed E-state index contributed by atoms with van der Waals surface area (Å²) < 4.78 is 10.5. The maximum absolute atomic E-state index is 12.6. The van der Waals surface area contributed by atoms with E-state index >= 15 is 0 Å². The van der Waals surface area contributed by atoms with Crippen molar-refractivity contribution in [2.45, 2.75) is 25.8 Å². The highest BCUT2D eigenvalue weighted by atomic mass is 16.6. The number of nitro groups is 1. The second-order valence-electron chi connectivity index (χ2n) is 6.38. The zero-order valence-electron chi connectivity index (χ0n) is 15.4. The number of amides is 1. The van der Waals surface area contributed by atoms with E-state index in [0.29, 0.717) is 22.9 Å². The Kier molecular flexibility index (Phi) is 5.16. The molecular weight excluding hydrogens is 350 g/mol. The number of benzene rings is 2. The van der Waals surface area contributed by atoms with E-state index in [9.17, 15) is 14.9 Å². The highest BCUT2D eigenvalue weighted by Crippen LogP contribution is 2.34. The van der Waals surface area contributed by atoms with Crippen LogP contribution in [0.1, 0.15) is 28.8 Å². The van der Waals surface area contributed by atoms with Crippen LogP contribution in [0.25, 0.3) is 0 Å². The summed E-state index contributed by atoms with van der Waals surface area (Å²) in [6.07, 6.45) is 2.00. The van der Waals surface area contributed by atoms with Crippen LogP contribution in [0.15, 0.2) is 30.3 Å². The number of hydrogen-bond acceptors (Lipinski definition) is 6. The van der Waals surface area contributed by atoms with Crippen molar-refractivity contribution in [3.05, 3.63) is 51.6 Å². The minimum Gasteiger partial charge on any atom is -0.493 e. The molecule has 0 heterocycles. The fourth-order valence-electron chi connectivity index (χ4n) is 2.70. The van der Waals surface area contributed by atoms with Gasteiger partial charge in [-0.05, 0) is 43.5 Å². The van der Waals surface area contributed by atoms with E-state index < -0.39 is 10.8 Å². The first-order valence-corrected chi connectivity index (χ1v) is 8.52. The number of nitrogens with zero attached hydrogens (tertiary/aromatic N) is 1. The van der Waals surface area contributed by atoms with E-state index in [-0.39, 0.29) is 17.3 Å². The highest BCUT2D eigenvalue weighted by molar-refractivity contribution is 6.05. The van der Waals surface area contributed by atoms with E-state index in [4.69, 9.17) is 9.47 Å². The predicted molar refractivity (Wildman–Crippen MR) is 102 cm³/mol. The molecule has 0 aliphatic heterocycles. The largest absolute Gasteiger partial charge is 0.493 e. The first-order chi connectivity index (χ1) is 12.9. The molecule has 2 aromatic carbocycles. The van der Waals surface area contributed by atoms with Gasteiger partial charge in [-0.3, -0.25) is 14.9 Å². The van der Waals surface area contributed by atoms with Gasteiger partial charge in [-0.1, -0.05) is 0 Å². The third-order valence-corrected chi connectivity index (χ3v) is 4.37. The van der Waals surface area contributed by atoms with Gasteiger partial charge in [0, 0.05) is 29.4 Å². The molecule has 1 aliphatic carbocycles. The van der Waals surface area contributed by atoms with Crippen LogP contribution in [-0.2, 0) is 0 Å². The molecule has 2 N–H and O–H groups in total. The minimum absolute atomic E-state index is 0.112. The van der Waals surface area contributed by atoms with Crippen LogP contribution >= 0.6 is 0 Å². The Labute approximate surface area is 156 Å². The van der Waals surface area contributed by atoms with Crippen molar-refractivity contribution in [2.75, 3.05) is 24.9 Å². The minimum atomic E-state index is -0.483. The molecule has 0 saturated heterocycles. The Balaban J connectivity index is 1.85. The van der Waals surface area contributed by atoms with Crippen molar-refractivity contribution >= 4 is 23.0 Å². The molecule has 1 aliphatic rings. The summed E-state index contributed by atoms with van der Waals surface area (Å²) in [5, 5.41) is 17.3. The fraction of sp³-hybridized carbons (Fsp3) is 0.316. The van der Waals surface area contributed by atoms with Gasteiger partial charge in [0.25, 0.3) is 11.6 Å². The Morgan fingerprint density at radius 2 is 1.78 bits per heavy atom. The van der Waals surface area contributed by atoms with Gasteiger partial charge in [0.1, 0.15) is 5.69 Å². The number of nitrogens with one attached hydrogen (secondary N) is 2. The Bertz CT molecular complexity index is 893.